The first kappa shape index (κ1) is 13.2. The molecule has 0 amide bonds. The lowest BCUT2D eigenvalue weighted by molar-refractivity contribution is 0.187. The van der Waals surface area contributed by atoms with Gasteiger partial charge in [0.2, 0.25) is 0 Å². The van der Waals surface area contributed by atoms with E-state index in [9.17, 15) is 0 Å². The number of hydrogen-bond donors (Lipinski definition) is 2. The minimum atomic E-state index is -0.237. The number of aliphatic hydroxyl groups excluding tert-OH is 1. The largest absolute Gasteiger partial charge is 0.394 e. The van der Waals surface area contributed by atoms with E-state index in [-0.39, 0.29) is 12.1 Å². The summed E-state index contributed by atoms with van der Waals surface area (Å²) < 4.78 is 2.09. The summed E-state index contributed by atoms with van der Waals surface area (Å²) in [7, 11) is 0. The zero-order valence-electron chi connectivity index (χ0n) is 8.85. The van der Waals surface area contributed by atoms with Crippen LogP contribution in [0.15, 0.2) is 27.1 Å². The van der Waals surface area contributed by atoms with Gasteiger partial charge in [0.15, 0.2) is 0 Å². The van der Waals surface area contributed by atoms with Crippen LogP contribution in [-0.4, -0.2) is 17.3 Å². The molecule has 0 spiro atoms. The van der Waals surface area contributed by atoms with Gasteiger partial charge < -0.3 is 10.4 Å². The average Bonchev–Trinajstić information content (AvgIpc) is 2.20. The van der Waals surface area contributed by atoms with Crippen LogP contribution in [0, 0.1) is 0 Å². The molecule has 1 aromatic rings. The summed E-state index contributed by atoms with van der Waals surface area (Å²) in [6.45, 7) is 4.83. The Hall–Kier alpha value is 0.1000. The van der Waals surface area contributed by atoms with Crippen LogP contribution in [0.4, 0.5) is 0 Å². The molecule has 4 heteroatoms. The molecule has 0 aliphatic rings. The van der Waals surface area contributed by atoms with Crippen molar-refractivity contribution in [3.05, 3.63) is 32.7 Å². The van der Waals surface area contributed by atoms with Crippen molar-refractivity contribution in [1.82, 2.24) is 5.32 Å². The predicted octanol–water partition coefficient (Wildman–Crippen LogP) is 3.07. The van der Waals surface area contributed by atoms with Gasteiger partial charge in [0.25, 0.3) is 0 Å². The average molecular weight is 337 g/mol. The van der Waals surface area contributed by atoms with Crippen molar-refractivity contribution in [2.45, 2.75) is 25.9 Å². The lowest BCUT2D eigenvalue weighted by atomic mass is 10.1. The monoisotopic (exact) mass is 335 g/mol. The highest BCUT2D eigenvalue weighted by molar-refractivity contribution is 9.13. The Balaban J connectivity index is 2.62. The second-order valence-corrected chi connectivity index (χ2v) is 5.85. The highest BCUT2D eigenvalue weighted by atomic mass is 79.9. The minimum Gasteiger partial charge on any atom is -0.394 e. The molecule has 0 heterocycles. The van der Waals surface area contributed by atoms with Gasteiger partial charge in [0.1, 0.15) is 0 Å². The van der Waals surface area contributed by atoms with Crippen molar-refractivity contribution in [2.75, 3.05) is 6.61 Å². The molecule has 0 atom stereocenters. The molecule has 0 saturated heterocycles. The summed E-state index contributed by atoms with van der Waals surface area (Å²) >= 11 is 6.89. The Morgan fingerprint density at radius 3 is 2.47 bits per heavy atom. The first-order chi connectivity index (χ1) is 6.94. The number of hydrogen-bond acceptors (Lipinski definition) is 2. The van der Waals surface area contributed by atoms with Gasteiger partial charge in [0.05, 0.1) is 6.61 Å². The second kappa shape index (κ2) is 5.43. The summed E-state index contributed by atoms with van der Waals surface area (Å²) in [5.41, 5.74) is 0.950. The van der Waals surface area contributed by atoms with E-state index in [0.717, 1.165) is 15.5 Å². The molecule has 0 unspecified atom stereocenters. The number of benzene rings is 1. The van der Waals surface area contributed by atoms with E-state index in [1.807, 2.05) is 19.9 Å². The van der Waals surface area contributed by atoms with Gasteiger partial charge >= 0.3 is 0 Å². The van der Waals surface area contributed by atoms with Crippen molar-refractivity contribution in [3.63, 3.8) is 0 Å². The topological polar surface area (TPSA) is 32.3 Å². The van der Waals surface area contributed by atoms with Crippen LogP contribution in [0.5, 0.6) is 0 Å². The number of rotatable bonds is 4. The second-order valence-electron chi connectivity index (χ2n) is 4.14. The molecule has 0 aliphatic carbocycles. The predicted molar refractivity (Wildman–Crippen MR) is 69.8 cm³/mol. The van der Waals surface area contributed by atoms with Crippen molar-refractivity contribution in [3.8, 4) is 0 Å². The van der Waals surface area contributed by atoms with Crippen molar-refractivity contribution < 1.29 is 5.11 Å². The van der Waals surface area contributed by atoms with Crippen LogP contribution >= 0.6 is 31.9 Å². The van der Waals surface area contributed by atoms with E-state index in [1.165, 1.54) is 5.56 Å². The van der Waals surface area contributed by atoms with Crippen molar-refractivity contribution in [1.29, 1.82) is 0 Å². The van der Waals surface area contributed by atoms with Crippen LogP contribution in [-0.2, 0) is 6.54 Å². The molecule has 84 valence electrons. The van der Waals surface area contributed by atoms with Gasteiger partial charge in [-0.3, -0.25) is 0 Å². The summed E-state index contributed by atoms with van der Waals surface area (Å²) in [5, 5.41) is 12.4. The van der Waals surface area contributed by atoms with Crippen LogP contribution in [0.2, 0.25) is 0 Å². The Kier molecular flexibility index (Phi) is 4.77. The summed E-state index contributed by atoms with van der Waals surface area (Å²) in [6, 6.07) is 6.12. The Morgan fingerprint density at radius 2 is 1.93 bits per heavy atom. The number of nitrogens with one attached hydrogen (secondary N) is 1. The summed E-state index contributed by atoms with van der Waals surface area (Å²) in [4.78, 5) is 0. The Labute approximate surface area is 107 Å². The molecule has 0 aliphatic heterocycles. The third-order valence-corrected chi connectivity index (χ3v) is 4.03. The zero-order valence-corrected chi connectivity index (χ0v) is 12.0. The molecule has 1 aromatic carbocycles. The highest BCUT2D eigenvalue weighted by Gasteiger charge is 2.14. The summed E-state index contributed by atoms with van der Waals surface area (Å²) in [6.07, 6.45) is 0. The van der Waals surface area contributed by atoms with Gasteiger partial charge in [-0.1, -0.05) is 6.07 Å². The molecular weight excluding hydrogens is 322 g/mol. The SMILES string of the molecule is CC(C)(CO)NCc1ccc(Br)c(Br)c1. The fourth-order valence-electron chi connectivity index (χ4n) is 1.05. The fraction of sp³-hybridized carbons (Fsp3) is 0.455. The normalized spacial score (nSPS) is 11.8. The van der Waals surface area contributed by atoms with E-state index >= 15 is 0 Å². The lowest BCUT2D eigenvalue weighted by Crippen LogP contribution is -2.42. The maximum atomic E-state index is 9.09. The third-order valence-electron chi connectivity index (χ3n) is 2.15. The van der Waals surface area contributed by atoms with Crippen LogP contribution in [0.1, 0.15) is 19.4 Å². The van der Waals surface area contributed by atoms with Gasteiger partial charge in [-0.15, -0.1) is 0 Å². The lowest BCUT2D eigenvalue weighted by Gasteiger charge is -2.23. The van der Waals surface area contributed by atoms with Gasteiger partial charge in [-0.25, -0.2) is 0 Å². The molecule has 0 saturated carbocycles. The van der Waals surface area contributed by atoms with E-state index in [0.29, 0.717) is 0 Å². The molecule has 2 nitrogen and oxygen atoms in total. The van der Waals surface area contributed by atoms with Gasteiger partial charge in [-0.05, 0) is 63.4 Å². The first-order valence-electron chi connectivity index (χ1n) is 4.74. The Morgan fingerprint density at radius 1 is 1.27 bits per heavy atom. The van der Waals surface area contributed by atoms with Crippen LogP contribution in [0.3, 0.4) is 0 Å². The van der Waals surface area contributed by atoms with Crippen molar-refractivity contribution in [2.24, 2.45) is 0 Å². The molecule has 2 N–H and O–H groups in total. The molecule has 0 aromatic heterocycles. The third kappa shape index (κ3) is 4.23. The molecule has 0 fully saturated rings. The standard InChI is InChI=1S/C11H15Br2NO/c1-11(2,7-15)14-6-8-3-4-9(12)10(13)5-8/h3-5,14-15H,6-7H2,1-2H3. The van der Waals surface area contributed by atoms with Crippen molar-refractivity contribution >= 4 is 31.9 Å². The summed E-state index contributed by atoms with van der Waals surface area (Å²) in [5.74, 6) is 0. The van der Waals surface area contributed by atoms with E-state index in [4.69, 9.17) is 5.11 Å². The maximum absolute atomic E-state index is 9.09. The molecule has 0 radical (unpaired) electrons. The maximum Gasteiger partial charge on any atom is 0.0607 e. The molecule has 1 rings (SSSR count). The van der Waals surface area contributed by atoms with Gasteiger partial charge in [0, 0.05) is 21.0 Å². The number of aliphatic hydroxyl groups is 1. The zero-order chi connectivity index (χ0) is 11.5. The molecule has 0 bridgehead atoms. The number of halogens is 2. The highest BCUT2D eigenvalue weighted by Crippen LogP contribution is 2.23. The quantitative estimate of drug-likeness (QED) is 0.885. The fourth-order valence-corrected chi connectivity index (χ4v) is 1.72. The molecule has 15 heavy (non-hydrogen) atoms. The minimum absolute atomic E-state index is 0.130. The Bertz CT molecular complexity index is 339. The van der Waals surface area contributed by atoms with E-state index in [1.54, 1.807) is 0 Å². The molecular formula is C11H15Br2NO. The smallest absolute Gasteiger partial charge is 0.0607 e. The van der Waals surface area contributed by atoms with E-state index < -0.39 is 0 Å². The van der Waals surface area contributed by atoms with Crippen LogP contribution in [0.25, 0.3) is 0 Å². The van der Waals surface area contributed by atoms with Crippen LogP contribution < -0.4 is 5.32 Å². The van der Waals surface area contributed by atoms with Gasteiger partial charge in [-0.2, -0.15) is 0 Å². The first-order valence-corrected chi connectivity index (χ1v) is 6.33. The van der Waals surface area contributed by atoms with E-state index in [2.05, 4.69) is 49.3 Å².